The van der Waals surface area contributed by atoms with E-state index in [2.05, 4.69) is 55.7 Å². The zero-order valence-corrected chi connectivity index (χ0v) is 12.3. The van der Waals surface area contributed by atoms with Crippen molar-refractivity contribution in [3.8, 4) is 0 Å². The molecule has 0 aliphatic rings. The van der Waals surface area contributed by atoms with Gasteiger partial charge in [-0.05, 0) is 50.5 Å². The number of benzene rings is 1. The number of nitrogens with zero attached hydrogens (tertiary/aromatic N) is 1. The van der Waals surface area contributed by atoms with Gasteiger partial charge in [-0.3, -0.25) is 5.43 Å². The molecule has 0 amide bonds. The second kappa shape index (κ2) is 7.11. The molecule has 18 heavy (non-hydrogen) atoms. The van der Waals surface area contributed by atoms with Crippen LogP contribution in [0.5, 0.6) is 0 Å². The topological polar surface area (TPSA) is 36.4 Å². The molecule has 0 radical (unpaired) electrons. The highest BCUT2D eigenvalue weighted by Crippen LogP contribution is 2.15. The molecule has 0 aliphatic carbocycles. The van der Waals surface area contributed by atoms with E-state index in [0.717, 1.165) is 24.2 Å². The summed E-state index contributed by atoms with van der Waals surface area (Å²) in [5.74, 6) is 0. The van der Waals surface area contributed by atoms with Gasteiger partial charge in [0.1, 0.15) is 0 Å². The monoisotopic (exact) mass is 263 g/mol. The summed E-state index contributed by atoms with van der Waals surface area (Å²) in [7, 11) is 0. The summed E-state index contributed by atoms with van der Waals surface area (Å²) in [6.45, 7) is 8.31. The normalized spacial score (nSPS) is 9.78. The van der Waals surface area contributed by atoms with Crippen molar-refractivity contribution in [2.75, 3.05) is 5.32 Å². The second-order valence-electron chi connectivity index (χ2n) is 4.27. The summed E-state index contributed by atoms with van der Waals surface area (Å²) in [6, 6.07) is 6.21. The van der Waals surface area contributed by atoms with E-state index in [4.69, 9.17) is 12.2 Å². The van der Waals surface area contributed by atoms with Crippen molar-refractivity contribution < 1.29 is 0 Å². The largest absolute Gasteiger partial charge is 0.331 e. The molecule has 0 fully saturated rings. The summed E-state index contributed by atoms with van der Waals surface area (Å²) < 4.78 is 0. The molecule has 0 spiro atoms. The van der Waals surface area contributed by atoms with Crippen LogP contribution in [-0.2, 0) is 0 Å². The number of nitrogens with one attached hydrogen (secondary N) is 2. The molecule has 0 unspecified atom stereocenters. The molecule has 98 valence electrons. The molecular weight excluding hydrogens is 242 g/mol. The van der Waals surface area contributed by atoms with Crippen LogP contribution in [0.25, 0.3) is 0 Å². The smallest absolute Gasteiger partial charge is 0.191 e. The summed E-state index contributed by atoms with van der Waals surface area (Å²) in [5.41, 5.74) is 7.43. The van der Waals surface area contributed by atoms with Crippen LogP contribution in [0, 0.1) is 13.8 Å². The molecule has 0 bridgehead atoms. The van der Waals surface area contributed by atoms with E-state index >= 15 is 0 Å². The Balaban J connectivity index is 2.62. The van der Waals surface area contributed by atoms with Crippen molar-refractivity contribution in [1.29, 1.82) is 0 Å². The number of hydrogen-bond acceptors (Lipinski definition) is 2. The van der Waals surface area contributed by atoms with E-state index in [0.29, 0.717) is 5.11 Å². The standard InChI is InChI=1S/C14H21N3S/c1-5-12(6-2)16-17-14(18)15-13-8-7-10(3)9-11(13)4/h7-9H,5-6H2,1-4H3,(H2,15,17,18). The van der Waals surface area contributed by atoms with Crippen LogP contribution >= 0.6 is 12.2 Å². The quantitative estimate of drug-likeness (QED) is 0.493. The second-order valence-corrected chi connectivity index (χ2v) is 4.68. The first-order chi connectivity index (χ1) is 8.56. The fraction of sp³-hybridized carbons (Fsp3) is 0.429. The van der Waals surface area contributed by atoms with Gasteiger partial charge in [0.25, 0.3) is 0 Å². The Morgan fingerprint density at radius 3 is 2.44 bits per heavy atom. The summed E-state index contributed by atoms with van der Waals surface area (Å²) in [5, 5.41) is 7.95. The van der Waals surface area contributed by atoms with E-state index in [1.165, 1.54) is 11.1 Å². The Kier molecular flexibility index (Phi) is 5.78. The van der Waals surface area contributed by atoms with Gasteiger partial charge in [-0.2, -0.15) is 5.10 Å². The van der Waals surface area contributed by atoms with Crippen molar-refractivity contribution >= 4 is 28.7 Å². The molecule has 3 nitrogen and oxygen atoms in total. The molecule has 1 aromatic rings. The maximum Gasteiger partial charge on any atom is 0.191 e. The van der Waals surface area contributed by atoms with Crippen LogP contribution in [0.1, 0.15) is 37.8 Å². The Hall–Kier alpha value is -1.42. The van der Waals surface area contributed by atoms with Crippen molar-refractivity contribution in [1.82, 2.24) is 5.43 Å². The number of thiocarbonyl (C=S) groups is 1. The Morgan fingerprint density at radius 1 is 1.22 bits per heavy atom. The third kappa shape index (κ3) is 4.45. The van der Waals surface area contributed by atoms with Gasteiger partial charge in [-0.15, -0.1) is 0 Å². The molecule has 0 heterocycles. The lowest BCUT2D eigenvalue weighted by Crippen LogP contribution is -2.25. The van der Waals surface area contributed by atoms with Gasteiger partial charge in [0, 0.05) is 11.4 Å². The minimum Gasteiger partial charge on any atom is -0.331 e. The molecule has 0 saturated heterocycles. The molecule has 0 aromatic heterocycles. The summed E-state index contributed by atoms with van der Waals surface area (Å²) in [4.78, 5) is 0. The van der Waals surface area contributed by atoms with Crippen molar-refractivity contribution in [3.63, 3.8) is 0 Å². The third-order valence-electron chi connectivity index (χ3n) is 2.76. The van der Waals surface area contributed by atoms with Gasteiger partial charge < -0.3 is 5.32 Å². The Labute approximate surface area is 115 Å². The van der Waals surface area contributed by atoms with E-state index < -0.39 is 0 Å². The van der Waals surface area contributed by atoms with Gasteiger partial charge in [-0.25, -0.2) is 0 Å². The maximum atomic E-state index is 5.21. The number of hydrogen-bond donors (Lipinski definition) is 2. The minimum absolute atomic E-state index is 0.529. The van der Waals surface area contributed by atoms with E-state index in [1.807, 2.05) is 6.07 Å². The zero-order valence-electron chi connectivity index (χ0n) is 11.5. The molecular formula is C14H21N3S. The third-order valence-corrected chi connectivity index (χ3v) is 2.96. The lowest BCUT2D eigenvalue weighted by molar-refractivity contribution is 0.991. The number of anilines is 1. The highest BCUT2D eigenvalue weighted by molar-refractivity contribution is 7.80. The fourth-order valence-corrected chi connectivity index (χ4v) is 1.80. The number of aryl methyl sites for hydroxylation is 2. The van der Waals surface area contributed by atoms with Crippen molar-refractivity contribution in [2.45, 2.75) is 40.5 Å². The molecule has 0 saturated carbocycles. The maximum absolute atomic E-state index is 5.21. The lowest BCUT2D eigenvalue weighted by Gasteiger charge is -2.11. The SMILES string of the molecule is CCC(CC)=NNC(=S)Nc1ccc(C)cc1C. The average molecular weight is 263 g/mol. The minimum atomic E-state index is 0.529. The molecule has 1 rings (SSSR count). The lowest BCUT2D eigenvalue weighted by atomic mass is 10.1. The van der Waals surface area contributed by atoms with Gasteiger partial charge in [0.05, 0.1) is 0 Å². The zero-order chi connectivity index (χ0) is 13.5. The molecule has 0 aliphatic heterocycles. The average Bonchev–Trinajstić information content (AvgIpc) is 2.34. The number of hydrazone groups is 1. The molecule has 1 aromatic carbocycles. The van der Waals surface area contributed by atoms with E-state index in [-0.39, 0.29) is 0 Å². The van der Waals surface area contributed by atoms with Gasteiger partial charge in [-0.1, -0.05) is 31.5 Å². The van der Waals surface area contributed by atoms with E-state index in [9.17, 15) is 0 Å². The number of rotatable bonds is 4. The first-order valence-electron chi connectivity index (χ1n) is 6.26. The van der Waals surface area contributed by atoms with Crippen molar-refractivity contribution in [3.05, 3.63) is 29.3 Å². The van der Waals surface area contributed by atoms with Gasteiger partial charge in [0.15, 0.2) is 5.11 Å². The fourth-order valence-electron chi connectivity index (χ4n) is 1.64. The highest BCUT2D eigenvalue weighted by Gasteiger charge is 2.01. The van der Waals surface area contributed by atoms with Gasteiger partial charge >= 0.3 is 0 Å². The summed E-state index contributed by atoms with van der Waals surface area (Å²) >= 11 is 5.21. The first kappa shape index (κ1) is 14.6. The molecule has 0 atom stereocenters. The van der Waals surface area contributed by atoms with Crippen LogP contribution in [-0.4, -0.2) is 10.8 Å². The Morgan fingerprint density at radius 2 is 1.89 bits per heavy atom. The molecule has 4 heteroatoms. The van der Waals surface area contributed by atoms with Crippen LogP contribution in [0.15, 0.2) is 23.3 Å². The van der Waals surface area contributed by atoms with Crippen LogP contribution in [0.4, 0.5) is 5.69 Å². The van der Waals surface area contributed by atoms with Crippen LogP contribution < -0.4 is 10.7 Å². The molecule has 2 N–H and O–H groups in total. The predicted molar refractivity (Wildman–Crippen MR) is 83.3 cm³/mol. The van der Waals surface area contributed by atoms with Crippen LogP contribution in [0.3, 0.4) is 0 Å². The van der Waals surface area contributed by atoms with Gasteiger partial charge in [0.2, 0.25) is 0 Å². The highest BCUT2D eigenvalue weighted by atomic mass is 32.1. The first-order valence-corrected chi connectivity index (χ1v) is 6.67. The predicted octanol–water partition coefficient (Wildman–Crippen LogP) is 3.77. The van der Waals surface area contributed by atoms with E-state index in [1.54, 1.807) is 0 Å². The van der Waals surface area contributed by atoms with Crippen molar-refractivity contribution in [2.24, 2.45) is 5.10 Å². The van der Waals surface area contributed by atoms with Crippen LogP contribution in [0.2, 0.25) is 0 Å². The summed E-state index contributed by atoms with van der Waals surface area (Å²) in [6.07, 6.45) is 1.88. The Bertz CT molecular complexity index is 446.